The maximum atomic E-state index is 11.7. The third kappa shape index (κ3) is 14.3. The predicted octanol–water partition coefficient (Wildman–Crippen LogP) is 2.18. The highest BCUT2D eigenvalue weighted by Crippen LogP contribution is 2.15. The Hall–Kier alpha value is -2.61. The van der Waals surface area contributed by atoms with E-state index < -0.39 is 11.9 Å². The predicted molar refractivity (Wildman–Crippen MR) is 102 cm³/mol. The van der Waals surface area contributed by atoms with E-state index in [1.54, 1.807) is 37.2 Å². The summed E-state index contributed by atoms with van der Waals surface area (Å²) < 4.78 is 0. The van der Waals surface area contributed by atoms with Gasteiger partial charge in [-0.15, -0.1) is 0 Å². The molecule has 0 unspecified atom stereocenters. The van der Waals surface area contributed by atoms with Gasteiger partial charge in [0, 0.05) is 13.0 Å². The molecule has 0 saturated carbocycles. The number of carbonyl (C=O) groups excluding carboxylic acids is 1. The number of benzene rings is 1. The van der Waals surface area contributed by atoms with Crippen LogP contribution in [-0.4, -0.2) is 65.3 Å². The molecule has 0 aliphatic carbocycles. The van der Waals surface area contributed by atoms with Crippen molar-refractivity contribution in [2.45, 2.75) is 38.5 Å². The summed E-state index contributed by atoms with van der Waals surface area (Å²) in [7, 11) is 3.43. The number of aliphatic carboxylic acids is 2. The second-order valence-electron chi connectivity index (χ2n) is 6.32. The van der Waals surface area contributed by atoms with E-state index in [-0.39, 0.29) is 30.2 Å². The number of phenols is 1. The number of rotatable bonds is 11. The van der Waals surface area contributed by atoms with Crippen LogP contribution < -0.4 is 5.32 Å². The van der Waals surface area contributed by atoms with Gasteiger partial charge in [0.05, 0.1) is 12.1 Å². The summed E-state index contributed by atoms with van der Waals surface area (Å²) in [4.78, 5) is 33.4. The van der Waals surface area contributed by atoms with E-state index in [9.17, 15) is 19.5 Å². The number of carboxylic acids is 2. The van der Waals surface area contributed by atoms with E-state index >= 15 is 0 Å². The van der Waals surface area contributed by atoms with Crippen LogP contribution in [0.5, 0.6) is 5.75 Å². The molecule has 0 bridgehead atoms. The SMILES string of the molecule is CN(C)CC(=O)O.O=C(O)CCCCCCCNC(=O)c1ccccc1O. The maximum Gasteiger partial charge on any atom is 0.317 e. The van der Waals surface area contributed by atoms with Crippen LogP contribution in [0.25, 0.3) is 0 Å². The molecule has 27 heavy (non-hydrogen) atoms. The quantitative estimate of drug-likeness (QED) is 0.432. The fourth-order valence-electron chi connectivity index (χ4n) is 2.16. The Balaban J connectivity index is 0.000000821. The van der Waals surface area contributed by atoms with E-state index in [1.807, 2.05) is 0 Å². The van der Waals surface area contributed by atoms with Crippen LogP contribution in [0, 0.1) is 0 Å². The first-order valence-electron chi connectivity index (χ1n) is 8.88. The third-order valence-electron chi connectivity index (χ3n) is 3.45. The molecule has 0 aliphatic rings. The zero-order chi connectivity index (χ0) is 20.7. The Bertz CT molecular complexity index is 589. The summed E-state index contributed by atoms with van der Waals surface area (Å²) in [5.41, 5.74) is 0.286. The zero-order valence-electron chi connectivity index (χ0n) is 16.0. The first kappa shape index (κ1) is 24.4. The summed E-state index contributed by atoms with van der Waals surface area (Å²) in [6, 6.07) is 6.44. The molecule has 1 amide bonds. The van der Waals surface area contributed by atoms with Crippen molar-refractivity contribution in [2.24, 2.45) is 0 Å². The van der Waals surface area contributed by atoms with Gasteiger partial charge < -0.3 is 20.6 Å². The van der Waals surface area contributed by atoms with Gasteiger partial charge in [0.1, 0.15) is 5.75 Å². The topological polar surface area (TPSA) is 127 Å². The molecule has 0 spiro atoms. The van der Waals surface area contributed by atoms with E-state index in [1.165, 1.54) is 6.07 Å². The minimum Gasteiger partial charge on any atom is -0.507 e. The van der Waals surface area contributed by atoms with E-state index in [0.29, 0.717) is 13.0 Å². The molecular formula is C19H30N2O6. The van der Waals surface area contributed by atoms with Crippen molar-refractivity contribution in [1.82, 2.24) is 10.2 Å². The average Bonchev–Trinajstić information content (AvgIpc) is 2.56. The zero-order valence-corrected chi connectivity index (χ0v) is 16.0. The van der Waals surface area contributed by atoms with Gasteiger partial charge in [0.15, 0.2) is 0 Å². The van der Waals surface area contributed by atoms with Gasteiger partial charge in [0.25, 0.3) is 5.91 Å². The number of carboxylic acid groups (broad SMARTS) is 2. The van der Waals surface area contributed by atoms with E-state index in [0.717, 1.165) is 25.7 Å². The Labute approximate surface area is 159 Å². The molecule has 0 aromatic heterocycles. The number of phenolic OH excluding ortho intramolecular Hbond substituents is 1. The Kier molecular flexibility index (Phi) is 13.1. The first-order chi connectivity index (χ1) is 12.7. The number of amides is 1. The second kappa shape index (κ2) is 14.5. The van der Waals surface area contributed by atoms with Crippen LogP contribution in [0.15, 0.2) is 24.3 Å². The minimum absolute atomic E-state index is 0.0151. The number of nitrogens with zero attached hydrogens (tertiary/aromatic N) is 1. The van der Waals surface area contributed by atoms with E-state index in [2.05, 4.69) is 5.32 Å². The molecule has 0 aliphatic heterocycles. The molecule has 1 aromatic carbocycles. The van der Waals surface area contributed by atoms with Crippen molar-refractivity contribution in [3.8, 4) is 5.75 Å². The monoisotopic (exact) mass is 382 g/mol. The summed E-state index contributed by atoms with van der Waals surface area (Å²) in [5, 5.41) is 28.8. The van der Waals surface area contributed by atoms with E-state index in [4.69, 9.17) is 10.2 Å². The third-order valence-corrected chi connectivity index (χ3v) is 3.45. The minimum atomic E-state index is -0.787. The van der Waals surface area contributed by atoms with Crippen molar-refractivity contribution in [3.05, 3.63) is 29.8 Å². The fraction of sp³-hybridized carbons (Fsp3) is 0.526. The van der Waals surface area contributed by atoms with Gasteiger partial charge in [-0.05, 0) is 39.1 Å². The highest BCUT2D eigenvalue weighted by molar-refractivity contribution is 5.96. The molecule has 1 aromatic rings. The standard InChI is InChI=1S/C15H21NO4.C4H9NO2/c17-13-9-6-5-8-12(13)15(20)16-11-7-3-1-2-4-10-14(18)19;1-5(2)3-4(6)7/h5-6,8-9,17H,1-4,7,10-11H2,(H,16,20)(H,18,19);3H2,1-2H3,(H,6,7). The van der Waals surface area contributed by atoms with Gasteiger partial charge in [-0.25, -0.2) is 0 Å². The van der Waals surface area contributed by atoms with Gasteiger partial charge >= 0.3 is 11.9 Å². The van der Waals surface area contributed by atoms with Crippen molar-refractivity contribution in [2.75, 3.05) is 27.2 Å². The molecule has 4 N–H and O–H groups in total. The van der Waals surface area contributed by atoms with Crippen molar-refractivity contribution in [1.29, 1.82) is 0 Å². The normalized spacial score (nSPS) is 10.0. The molecule has 8 nitrogen and oxygen atoms in total. The average molecular weight is 382 g/mol. The van der Waals surface area contributed by atoms with Crippen LogP contribution >= 0.6 is 0 Å². The smallest absolute Gasteiger partial charge is 0.317 e. The Morgan fingerprint density at radius 1 is 0.926 bits per heavy atom. The van der Waals surface area contributed by atoms with Gasteiger partial charge in [0.2, 0.25) is 0 Å². The molecule has 0 heterocycles. The molecule has 8 heteroatoms. The number of hydrogen-bond acceptors (Lipinski definition) is 5. The van der Waals surface area contributed by atoms with Crippen molar-refractivity contribution in [3.63, 3.8) is 0 Å². The van der Waals surface area contributed by atoms with Crippen molar-refractivity contribution >= 4 is 17.8 Å². The molecule has 152 valence electrons. The molecule has 1 rings (SSSR count). The highest BCUT2D eigenvalue weighted by Gasteiger charge is 2.08. The van der Waals surface area contributed by atoms with Gasteiger partial charge in [-0.3, -0.25) is 19.3 Å². The van der Waals surface area contributed by atoms with Crippen LogP contribution in [0.1, 0.15) is 48.9 Å². The molecule has 0 atom stereocenters. The number of likely N-dealkylation sites (N-methyl/N-ethyl adjacent to an activating group) is 1. The fourth-order valence-corrected chi connectivity index (χ4v) is 2.16. The first-order valence-corrected chi connectivity index (χ1v) is 8.88. The maximum absolute atomic E-state index is 11.7. The summed E-state index contributed by atoms with van der Waals surface area (Å²) in [5.74, 6) is -1.82. The second-order valence-corrected chi connectivity index (χ2v) is 6.32. The molecular weight excluding hydrogens is 352 g/mol. The Morgan fingerprint density at radius 3 is 2.04 bits per heavy atom. The lowest BCUT2D eigenvalue weighted by molar-refractivity contribution is -0.138. The number of carbonyl (C=O) groups is 3. The summed E-state index contributed by atoms with van der Waals surface area (Å²) in [6.45, 7) is 0.673. The van der Waals surface area contributed by atoms with Crippen LogP contribution in [0.2, 0.25) is 0 Å². The Morgan fingerprint density at radius 2 is 1.52 bits per heavy atom. The lowest BCUT2D eigenvalue weighted by Gasteiger charge is -2.06. The molecule has 0 fully saturated rings. The lowest BCUT2D eigenvalue weighted by atomic mass is 10.1. The lowest BCUT2D eigenvalue weighted by Crippen LogP contribution is -2.24. The van der Waals surface area contributed by atoms with Crippen LogP contribution in [-0.2, 0) is 9.59 Å². The molecule has 0 saturated heterocycles. The van der Waals surface area contributed by atoms with Crippen molar-refractivity contribution < 1.29 is 29.7 Å². The van der Waals surface area contributed by atoms with Gasteiger partial charge in [-0.2, -0.15) is 0 Å². The van der Waals surface area contributed by atoms with Crippen LogP contribution in [0.3, 0.4) is 0 Å². The number of para-hydroxylation sites is 1. The number of nitrogens with one attached hydrogen (secondary N) is 1. The summed E-state index contributed by atoms with van der Waals surface area (Å²) in [6.07, 6.45) is 4.62. The number of unbranched alkanes of at least 4 members (excludes halogenated alkanes) is 4. The highest BCUT2D eigenvalue weighted by atomic mass is 16.4. The number of hydrogen-bond donors (Lipinski definition) is 4. The summed E-state index contributed by atoms with van der Waals surface area (Å²) >= 11 is 0. The number of aromatic hydroxyl groups is 1. The molecule has 0 radical (unpaired) electrons. The largest absolute Gasteiger partial charge is 0.507 e. The van der Waals surface area contributed by atoms with Crippen LogP contribution in [0.4, 0.5) is 0 Å². The van der Waals surface area contributed by atoms with Gasteiger partial charge in [-0.1, -0.05) is 31.4 Å².